The summed E-state index contributed by atoms with van der Waals surface area (Å²) in [6, 6.07) is 18.1. The van der Waals surface area contributed by atoms with Gasteiger partial charge in [0.2, 0.25) is 5.91 Å². The Bertz CT molecular complexity index is 1050. The Balaban J connectivity index is 1.35. The Morgan fingerprint density at radius 3 is 2.62 bits per heavy atom. The fraction of sp³-hybridized carbons (Fsp3) is 0.217. The molecule has 0 bridgehead atoms. The van der Waals surface area contributed by atoms with Gasteiger partial charge in [-0.25, -0.2) is 4.98 Å². The van der Waals surface area contributed by atoms with Gasteiger partial charge in [-0.2, -0.15) is 11.3 Å². The van der Waals surface area contributed by atoms with Crippen LogP contribution in [0.15, 0.2) is 65.4 Å². The molecule has 1 amide bonds. The van der Waals surface area contributed by atoms with E-state index in [1.807, 2.05) is 44.3 Å². The summed E-state index contributed by atoms with van der Waals surface area (Å²) in [5.74, 6) is 0.00153. The van der Waals surface area contributed by atoms with Crippen LogP contribution in [-0.2, 0) is 17.8 Å². The molecule has 4 nitrogen and oxygen atoms in total. The molecular formula is C23H23N3OS2. The van der Waals surface area contributed by atoms with E-state index in [1.54, 1.807) is 22.7 Å². The minimum absolute atomic E-state index is 0.00153. The minimum Gasteiger partial charge on any atom is -0.325 e. The van der Waals surface area contributed by atoms with Crippen LogP contribution in [0.1, 0.15) is 23.1 Å². The van der Waals surface area contributed by atoms with Crippen molar-refractivity contribution in [3.63, 3.8) is 0 Å². The van der Waals surface area contributed by atoms with Gasteiger partial charge in [0.05, 0.1) is 21.3 Å². The number of benzene rings is 2. The lowest BCUT2D eigenvalue weighted by molar-refractivity contribution is -0.120. The number of hydrogen-bond acceptors (Lipinski definition) is 5. The number of amides is 1. The number of para-hydroxylation sites is 1. The molecular weight excluding hydrogens is 398 g/mol. The number of rotatable bonds is 7. The van der Waals surface area contributed by atoms with Gasteiger partial charge >= 0.3 is 0 Å². The summed E-state index contributed by atoms with van der Waals surface area (Å²) < 4.78 is 1.21. The van der Waals surface area contributed by atoms with Crippen LogP contribution in [-0.4, -0.2) is 28.9 Å². The van der Waals surface area contributed by atoms with E-state index in [0.717, 1.165) is 29.2 Å². The van der Waals surface area contributed by atoms with Gasteiger partial charge in [0, 0.05) is 18.7 Å². The van der Waals surface area contributed by atoms with Gasteiger partial charge in [-0.1, -0.05) is 24.3 Å². The lowest BCUT2D eigenvalue weighted by Gasteiger charge is -2.23. The third kappa shape index (κ3) is 4.90. The first-order valence-electron chi connectivity index (χ1n) is 9.54. The number of anilines is 1. The summed E-state index contributed by atoms with van der Waals surface area (Å²) in [5.41, 5.74) is 4.29. The average Bonchev–Trinajstić information content (AvgIpc) is 3.37. The second-order valence-corrected chi connectivity index (χ2v) is 9.06. The highest BCUT2D eigenvalue weighted by atomic mass is 32.1. The maximum atomic E-state index is 12.6. The normalized spacial score (nSPS) is 12.4. The number of carbonyl (C=O) groups excluding carboxylic acids is 1. The van der Waals surface area contributed by atoms with Crippen LogP contribution in [0.4, 0.5) is 5.69 Å². The molecule has 0 radical (unpaired) electrons. The lowest BCUT2D eigenvalue weighted by atomic mass is 10.1. The Hall–Kier alpha value is -2.54. The number of likely N-dealkylation sites (N-methyl/N-ethyl adjacent to an activating group) is 1. The zero-order chi connectivity index (χ0) is 20.2. The second-order valence-electron chi connectivity index (χ2n) is 7.16. The van der Waals surface area contributed by atoms with Crippen molar-refractivity contribution in [1.82, 2.24) is 9.88 Å². The van der Waals surface area contributed by atoms with Gasteiger partial charge in [-0.15, -0.1) is 11.3 Å². The molecule has 6 heteroatoms. The Morgan fingerprint density at radius 1 is 1.10 bits per heavy atom. The SMILES string of the molecule is CC(C(=O)Nc1ccc(Cc2nc3ccccc3s2)cc1)N(C)Cc1ccsc1. The molecule has 2 heterocycles. The molecule has 0 aliphatic carbocycles. The number of hydrogen-bond donors (Lipinski definition) is 1. The molecule has 1 N–H and O–H groups in total. The molecule has 0 fully saturated rings. The summed E-state index contributed by atoms with van der Waals surface area (Å²) in [7, 11) is 1.98. The van der Waals surface area contributed by atoms with Crippen LogP contribution in [0.2, 0.25) is 0 Å². The van der Waals surface area contributed by atoms with Crippen LogP contribution in [0.3, 0.4) is 0 Å². The maximum Gasteiger partial charge on any atom is 0.241 e. The number of aromatic nitrogens is 1. The average molecular weight is 422 g/mol. The summed E-state index contributed by atoms with van der Waals surface area (Å²) >= 11 is 3.41. The predicted molar refractivity (Wildman–Crippen MR) is 123 cm³/mol. The summed E-state index contributed by atoms with van der Waals surface area (Å²) in [6.07, 6.45) is 0.799. The van der Waals surface area contributed by atoms with Crippen molar-refractivity contribution in [1.29, 1.82) is 0 Å². The highest BCUT2D eigenvalue weighted by Crippen LogP contribution is 2.24. The lowest BCUT2D eigenvalue weighted by Crippen LogP contribution is -2.39. The molecule has 0 saturated heterocycles. The van der Waals surface area contributed by atoms with E-state index >= 15 is 0 Å². The molecule has 0 saturated carbocycles. The highest BCUT2D eigenvalue weighted by Gasteiger charge is 2.18. The van der Waals surface area contributed by atoms with Crippen molar-refractivity contribution >= 4 is 44.5 Å². The standard InChI is InChI=1S/C23H23N3OS2/c1-16(26(2)14-18-11-12-28-15-18)23(27)24-19-9-7-17(8-10-19)13-22-25-20-5-3-4-6-21(20)29-22/h3-12,15-16H,13-14H2,1-2H3,(H,24,27). The van der Waals surface area contributed by atoms with E-state index in [-0.39, 0.29) is 11.9 Å². The van der Waals surface area contributed by atoms with Crippen molar-refractivity contribution in [3.8, 4) is 0 Å². The first-order chi connectivity index (χ1) is 14.1. The molecule has 0 spiro atoms. The predicted octanol–water partition coefficient (Wildman–Crippen LogP) is 5.41. The zero-order valence-corrected chi connectivity index (χ0v) is 18.1. The van der Waals surface area contributed by atoms with Crippen molar-refractivity contribution < 1.29 is 4.79 Å². The van der Waals surface area contributed by atoms with Gasteiger partial charge in [0.1, 0.15) is 0 Å². The van der Waals surface area contributed by atoms with Gasteiger partial charge in [-0.3, -0.25) is 9.69 Å². The van der Waals surface area contributed by atoms with Crippen molar-refractivity contribution in [3.05, 3.63) is 81.5 Å². The van der Waals surface area contributed by atoms with Gasteiger partial charge in [0.25, 0.3) is 0 Å². The number of carbonyl (C=O) groups is 1. The fourth-order valence-corrected chi connectivity index (χ4v) is 4.79. The topological polar surface area (TPSA) is 45.2 Å². The Labute approximate surface area is 178 Å². The quantitative estimate of drug-likeness (QED) is 0.434. The van der Waals surface area contributed by atoms with Gasteiger partial charge in [0.15, 0.2) is 0 Å². The van der Waals surface area contributed by atoms with Crippen LogP contribution < -0.4 is 5.32 Å². The Kier molecular flexibility index (Phi) is 6.04. The molecule has 148 valence electrons. The number of thiophene rings is 1. The van der Waals surface area contributed by atoms with Crippen LogP contribution in [0.25, 0.3) is 10.2 Å². The largest absolute Gasteiger partial charge is 0.325 e. The molecule has 0 aliphatic heterocycles. The van der Waals surface area contributed by atoms with Gasteiger partial charge < -0.3 is 5.32 Å². The van der Waals surface area contributed by atoms with Crippen LogP contribution in [0, 0.1) is 0 Å². The van der Waals surface area contributed by atoms with Crippen molar-refractivity contribution in [2.24, 2.45) is 0 Å². The molecule has 1 unspecified atom stereocenters. The molecule has 2 aromatic heterocycles. The second kappa shape index (κ2) is 8.86. The van der Waals surface area contributed by atoms with Crippen LogP contribution >= 0.6 is 22.7 Å². The first-order valence-corrected chi connectivity index (χ1v) is 11.3. The smallest absolute Gasteiger partial charge is 0.241 e. The summed E-state index contributed by atoms with van der Waals surface area (Å²) in [4.78, 5) is 19.3. The third-order valence-corrected chi connectivity index (χ3v) is 6.74. The van der Waals surface area contributed by atoms with E-state index in [9.17, 15) is 4.79 Å². The fourth-order valence-electron chi connectivity index (χ4n) is 3.13. The number of nitrogens with one attached hydrogen (secondary N) is 1. The van der Waals surface area contributed by atoms with E-state index in [0.29, 0.717) is 0 Å². The van der Waals surface area contributed by atoms with E-state index in [2.05, 4.69) is 45.2 Å². The summed E-state index contributed by atoms with van der Waals surface area (Å²) in [6.45, 7) is 2.70. The maximum absolute atomic E-state index is 12.6. The van der Waals surface area contributed by atoms with E-state index in [4.69, 9.17) is 4.98 Å². The minimum atomic E-state index is -0.211. The summed E-state index contributed by atoms with van der Waals surface area (Å²) in [5, 5.41) is 8.30. The first kappa shape index (κ1) is 19.8. The van der Waals surface area contributed by atoms with Gasteiger partial charge in [-0.05, 0) is 66.2 Å². The van der Waals surface area contributed by atoms with E-state index < -0.39 is 0 Å². The number of nitrogens with zero attached hydrogens (tertiary/aromatic N) is 2. The molecule has 4 rings (SSSR count). The molecule has 29 heavy (non-hydrogen) atoms. The monoisotopic (exact) mass is 421 g/mol. The van der Waals surface area contributed by atoms with E-state index in [1.165, 1.54) is 15.8 Å². The Morgan fingerprint density at radius 2 is 1.90 bits per heavy atom. The van der Waals surface area contributed by atoms with Crippen molar-refractivity contribution in [2.75, 3.05) is 12.4 Å². The third-order valence-electron chi connectivity index (χ3n) is 4.97. The highest BCUT2D eigenvalue weighted by molar-refractivity contribution is 7.18. The molecule has 1 atom stereocenters. The van der Waals surface area contributed by atoms with Crippen LogP contribution in [0.5, 0.6) is 0 Å². The molecule has 2 aromatic carbocycles. The molecule has 0 aliphatic rings. The number of fused-ring (bicyclic) bond motifs is 1. The molecule has 4 aromatic rings. The number of thiazole rings is 1. The van der Waals surface area contributed by atoms with Crippen molar-refractivity contribution in [2.45, 2.75) is 25.9 Å². The zero-order valence-electron chi connectivity index (χ0n) is 16.5.